The maximum atomic E-state index is 9.59. The highest BCUT2D eigenvalue weighted by molar-refractivity contribution is 5.67. The van der Waals surface area contributed by atoms with E-state index in [0.717, 1.165) is 6.08 Å². The third kappa shape index (κ3) is 2.11. The Labute approximate surface area is 46.9 Å². The third-order valence-electron chi connectivity index (χ3n) is 0.583. The number of hydrogen-bond acceptors (Lipinski definition) is 3. The van der Waals surface area contributed by atoms with Crippen LogP contribution in [0.3, 0.4) is 0 Å². The molecule has 0 aromatic carbocycles. The SMILES string of the molecule is N#CC(=CC=O)CO. The lowest BCUT2D eigenvalue weighted by atomic mass is 10.3. The van der Waals surface area contributed by atoms with E-state index in [9.17, 15) is 4.79 Å². The van der Waals surface area contributed by atoms with E-state index in [4.69, 9.17) is 10.4 Å². The van der Waals surface area contributed by atoms with Crippen LogP contribution < -0.4 is 0 Å². The predicted molar refractivity (Wildman–Crippen MR) is 26.8 cm³/mol. The molecule has 0 saturated heterocycles. The highest BCUT2D eigenvalue weighted by Gasteiger charge is 1.86. The van der Waals surface area contributed by atoms with Crippen molar-refractivity contribution in [1.82, 2.24) is 0 Å². The van der Waals surface area contributed by atoms with E-state index < -0.39 is 0 Å². The van der Waals surface area contributed by atoms with Crippen molar-refractivity contribution in [2.75, 3.05) is 6.61 Å². The summed E-state index contributed by atoms with van der Waals surface area (Å²) in [7, 11) is 0. The molecule has 0 atom stereocenters. The van der Waals surface area contributed by atoms with Crippen molar-refractivity contribution in [3.05, 3.63) is 11.6 Å². The van der Waals surface area contributed by atoms with Gasteiger partial charge in [0.25, 0.3) is 0 Å². The molecule has 0 aliphatic heterocycles. The van der Waals surface area contributed by atoms with Gasteiger partial charge < -0.3 is 5.11 Å². The van der Waals surface area contributed by atoms with Crippen LogP contribution in [0.4, 0.5) is 0 Å². The van der Waals surface area contributed by atoms with E-state index in [0.29, 0.717) is 6.29 Å². The third-order valence-corrected chi connectivity index (χ3v) is 0.583. The molecule has 1 N–H and O–H groups in total. The second-order valence-electron chi connectivity index (χ2n) is 1.10. The molecule has 0 aliphatic rings. The van der Waals surface area contributed by atoms with Crippen LogP contribution in [0.2, 0.25) is 0 Å². The highest BCUT2D eigenvalue weighted by Crippen LogP contribution is 1.84. The van der Waals surface area contributed by atoms with Gasteiger partial charge in [0, 0.05) is 0 Å². The topological polar surface area (TPSA) is 61.1 Å². The van der Waals surface area contributed by atoms with Gasteiger partial charge in [0.05, 0.1) is 18.2 Å². The minimum absolute atomic E-state index is 0.0833. The molecular weight excluding hydrogens is 106 g/mol. The van der Waals surface area contributed by atoms with Gasteiger partial charge in [-0.2, -0.15) is 5.26 Å². The largest absolute Gasteiger partial charge is 0.391 e. The van der Waals surface area contributed by atoms with Crippen molar-refractivity contribution in [1.29, 1.82) is 5.26 Å². The number of aliphatic hydroxyl groups is 1. The number of aliphatic hydroxyl groups excluding tert-OH is 1. The molecule has 0 amide bonds. The lowest BCUT2D eigenvalue weighted by molar-refractivity contribution is -0.104. The lowest BCUT2D eigenvalue weighted by Crippen LogP contribution is -1.85. The van der Waals surface area contributed by atoms with Crippen LogP contribution in [0.25, 0.3) is 0 Å². The van der Waals surface area contributed by atoms with Crippen molar-refractivity contribution < 1.29 is 9.90 Å². The van der Waals surface area contributed by atoms with Crippen LogP contribution in [0.5, 0.6) is 0 Å². The number of nitrogens with zero attached hydrogens (tertiary/aromatic N) is 1. The van der Waals surface area contributed by atoms with Crippen molar-refractivity contribution >= 4 is 6.29 Å². The van der Waals surface area contributed by atoms with Crippen LogP contribution in [0, 0.1) is 11.3 Å². The van der Waals surface area contributed by atoms with Gasteiger partial charge in [-0.25, -0.2) is 0 Å². The van der Waals surface area contributed by atoms with E-state index in [2.05, 4.69) is 0 Å². The average molecular weight is 111 g/mol. The number of carbonyl (C=O) groups excluding carboxylic acids is 1. The zero-order valence-corrected chi connectivity index (χ0v) is 4.16. The van der Waals surface area contributed by atoms with Gasteiger partial charge in [0.2, 0.25) is 0 Å². The fraction of sp³-hybridized carbons (Fsp3) is 0.200. The van der Waals surface area contributed by atoms with E-state index >= 15 is 0 Å². The van der Waals surface area contributed by atoms with Crippen LogP contribution in [0.1, 0.15) is 0 Å². The molecule has 0 spiro atoms. The fourth-order valence-corrected chi connectivity index (χ4v) is 0.207. The minimum atomic E-state index is -0.366. The summed E-state index contributed by atoms with van der Waals surface area (Å²) in [6.07, 6.45) is 1.49. The predicted octanol–water partition coefficient (Wildman–Crippen LogP) is -0.372. The second kappa shape index (κ2) is 4.03. The first-order valence-electron chi connectivity index (χ1n) is 2.00. The summed E-state index contributed by atoms with van der Waals surface area (Å²) in [6.45, 7) is -0.366. The molecule has 3 nitrogen and oxygen atoms in total. The minimum Gasteiger partial charge on any atom is -0.391 e. The zero-order valence-electron chi connectivity index (χ0n) is 4.16. The molecule has 0 rings (SSSR count). The summed E-state index contributed by atoms with van der Waals surface area (Å²) in [4.78, 5) is 9.59. The Morgan fingerprint density at radius 2 is 2.50 bits per heavy atom. The Hall–Kier alpha value is -1.14. The number of carbonyl (C=O) groups is 1. The van der Waals surface area contributed by atoms with E-state index in [1.165, 1.54) is 0 Å². The quantitative estimate of drug-likeness (QED) is 0.300. The summed E-state index contributed by atoms with van der Waals surface area (Å²) in [5.74, 6) is 0. The Balaban J connectivity index is 3.91. The number of hydrogen-bond donors (Lipinski definition) is 1. The lowest BCUT2D eigenvalue weighted by Gasteiger charge is -1.80. The molecule has 0 heterocycles. The van der Waals surface area contributed by atoms with E-state index in [-0.39, 0.29) is 12.2 Å². The summed E-state index contributed by atoms with van der Waals surface area (Å²) >= 11 is 0. The van der Waals surface area contributed by atoms with Gasteiger partial charge in [0.1, 0.15) is 6.29 Å². The summed E-state index contributed by atoms with van der Waals surface area (Å²) in [6, 6.07) is 1.63. The fourth-order valence-electron chi connectivity index (χ4n) is 0.207. The summed E-state index contributed by atoms with van der Waals surface area (Å²) in [5.41, 5.74) is 0.0833. The van der Waals surface area contributed by atoms with Crippen LogP contribution in [-0.4, -0.2) is 18.0 Å². The molecule has 0 saturated carbocycles. The normalized spacial score (nSPS) is 10.2. The van der Waals surface area contributed by atoms with Crippen molar-refractivity contribution in [2.45, 2.75) is 0 Å². The molecule has 0 bridgehead atoms. The highest BCUT2D eigenvalue weighted by atomic mass is 16.3. The van der Waals surface area contributed by atoms with Gasteiger partial charge in [-0.05, 0) is 6.08 Å². The van der Waals surface area contributed by atoms with Crippen LogP contribution in [0.15, 0.2) is 11.6 Å². The van der Waals surface area contributed by atoms with Crippen LogP contribution in [-0.2, 0) is 4.79 Å². The first-order valence-corrected chi connectivity index (χ1v) is 2.00. The smallest absolute Gasteiger partial charge is 0.143 e. The maximum Gasteiger partial charge on any atom is 0.143 e. The van der Waals surface area contributed by atoms with Gasteiger partial charge in [-0.1, -0.05) is 0 Å². The Kier molecular flexibility index (Phi) is 3.46. The Morgan fingerprint density at radius 3 is 2.62 bits per heavy atom. The first-order chi connectivity index (χ1) is 3.85. The van der Waals surface area contributed by atoms with Crippen LogP contribution >= 0.6 is 0 Å². The summed E-state index contributed by atoms with van der Waals surface area (Å²) in [5, 5.41) is 16.2. The van der Waals surface area contributed by atoms with Gasteiger partial charge in [0.15, 0.2) is 0 Å². The molecule has 3 heteroatoms. The monoisotopic (exact) mass is 111 g/mol. The van der Waals surface area contributed by atoms with Gasteiger partial charge >= 0.3 is 0 Å². The number of aldehydes is 1. The maximum absolute atomic E-state index is 9.59. The molecular formula is C5H5NO2. The molecule has 8 heavy (non-hydrogen) atoms. The van der Waals surface area contributed by atoms with E-state index in [1.807, 2.05) is 0 Å². The molecule has 0 fully saturated rings. The van der Waals surface area contributed by atoms with Gasteiger partial charge in [-0.3, -0.25) is 4.79 Å². The molecule has 42 valence electrons. The molecule has 0 aliphatic carbocycles. The van der Waals surface area contributed by atoms with E-state index in [1.54, 1.807) is 6.07 Å². The zero-order chi connectivity index (χ0) is 6.41. The van der Waals surface area contributed by atoms with Crippen molar-refractivity contribution in [3.63, 3.8) is 0 Å². The number of rotatable bonds is 2. The van der Waals surface area contributed by atoms with Gasteiger partial charge in [-0.15, -0.1) is 0 Å². The first kappa shape index (κ1) is 6.86. The number of nitriles is 1. The molecule has 0 radical (unpaired) electrons. The number of allylic oxidation sites excluding steroid dienone is 1. The van der Waals surface area contributed by atoms with Crippen molar-refractivity contribution in [2.24, 2.45) is 0 Å². The molecule has 0 aromatic heterocycles. The molecule has 0 unspecified atom stereocenters. The Morgan fingerprint density at radius 1 is 1.88 bits per heavy atom. The molecule has 0 aromatic rings. The second-order valence-corrected chi connectivity index (χ2v) is 1.10. The Bertz CT molecular complexity index is 143. The standard InChI is InChI=1S/C5H5NO2/c6-3-5(4-8)1-2-7/h1-2,8H,4H2. The average Bonchev–Trinajstić information content (AvgIpc) is 1.83. The summed E-state index contributed by atoms with van der Waals surface area (Å²) < 4.78 is 0. The van der Waals surface area contributed by atoms with Crippen molar-refractivity contribution in [3.8, 4) is 6.07 Å².